The summed E-state index contributed by atoms with van der Waals surface area (Å²) in [7, 11) is 1.18. The number of methoxy groups -OCH3 is 1. The maximum Gasteiger partial charge on any atom is 0.345 e. The molecule has 0 aliphatic heterocycles. The Labute approximate surface area is 177 Å². The first-order chi connectivity index (χ1) is 14.3. The minimum Gasteiger partial charge on any atom is -0.479 e. The normalized spacial score (nSPS) is 13.8. The molecule has 30 heavy (non-hydrogen) atoms. The summed E-state index contributed by atoms with van der Waals surface area (Å²) in [6, 6.07) is 0. The molecule has 1 aromatic heterocycles. The van der Waals surface area contributed by atoms with E-state index in [9.17, 15) is 19.2 Å². The maximum absolute atomic E-state index is 12.4. The number of aromatic nitrogens is 1. The number of unbranched alkanes of at least 4 members (excludes halogenated alkanes) is 1. The number of nitrogens with zero attached hydrogens (tertiary/aromatic N) is 1. The molecule has 3 atom stereocenters. The number of ether oxygens (including phenoxy) is 5. The van der Waals surface area contributed by atoms with E-state index in [1.54, 1.807) is 0 Å². The minimum absolute atomic E-state index is 0.205. The topological polar surface area (TPSA) is 148 Å². The average Bonchev–Trinajstić information content (AvgIpc) is 3.22. The summed E-state index contributed by atoms with van der Waals surface area (Å²) in [5, 5.41) is 10.6. The molecule has 0 fully saturated rings. The molecule has 0 spiro atoms. The standard InChI is InChI=1S/C18H25NO10S/c1-4-5-6-13(16(21)22)26-9-28-18(24)15(12-7-30-8-19-12)27-10-29-17(23)14(25-3)11(2)20/h7-8,13-15H,4-6,9-10H2,1-3H3,(H,21,22)/t13-,14+,15+/m0/s1. The molecule has 0 aromatic carbocycles. The number of hydrogen-bond donors (Lipinski definition) is 1. The molecule has 0 saturated heterocycles. The first-order valence-corrected chi connectivity index (χ1v) is 9.96. The van der Waals surface area contributed by atoms with Crippen molar-refractivity contribution in [1.82, 2.24) is 4.98 Å². The van der Waals surface area contributed by atoms with Crippen molar-refractivity contribution in [2.24, 2.45) is 0 Å². The van der Waals surface area contributed by atoms with E-state index in [4.69, 9.17) is 28.8 Å². The van der Waals surface area contributed by atoms with Gasteiger partial charge in [0.2, 0.25) is 12.2 Å². The summed E-state index contributed by atoms with van der Waals surface area (Å²) in [5.41, 5.74) is 1.67. The van der Waals surface area contributed by atoms with Gasteiger partial charge in [0, 0.05) is 12.5 Å². The van der Waals surface area contributed by atoms with Gasteiger partial charge in [-0.1, -0.05) is 19.8 Å². The van der Waals surface area contributed by atoms with E-state index < -0.39 is 55.6 Å². The van der Waals surface area contributed by atoms with Gasteiger partial charge >= 0.3 is 17.9 Å². The Hall–Kier alpha value is -2.41. The van der Waals surface area contributed by atoms with Gasteiger partial charge in [0.25, 0.3) is 0 Å². The zero-order valence-corrected chi connectivity index (χ0v) is 17.7. The second-order valence-electron chi connectivity index (χ2n) is 5.98. The van der Waals surface area contributed by atoms with Crippen molar-refractivity contribution in [3.05, 3.63) is 16.6 Å². The minimum atomic E-state index is -1.40. The van der Waals surface area contributed by atoms with Gasteiger partial charge in [0.1, 0.15) is 0 Å². The van der Waals surface area contributed by atoms with Gasteiger partial charge < -0.3 is 28.8 Å². The molecule has 1 aromatic rings. The van der Waals surface area contributed by atoms with Crippen molar-refractivity contribution in [2.45, 2.75) is 51.4 Å². The molecule has 1 N–H and O–H groups in total. The van der Waals surface area contributed by atoms with Crippen LogP contribution >= 0.6 is 11.3 Å². The highest BCUT2D eigenvalue weighted by Crippen LogP contribution is 2.19. The Morgan fingerprint density at radius 3 is 2.33 bits per heavy atom. The molecule has 1 heterocycles. The molecule has 0 aliphatic rings. The van der Waals surface area contributed by atoms with E-state index in [-0.39, 0.29) is 12.1 Å². The van der Waals surface area contributed by atoms with Gasteiger partial charge in [-0.25, -0.2) is 19.4 Å². The van der Waals surface area contributed by atoms with E-state index in [0.29, 0.717) is 6.42 Å². The third-order valence-electron chi connectivity index (χ3n) is 3.75. The summed E-state index contributed by atoms with van der Waals surface area (Å²) in [5.74, 6) is -3.59. The Bertz CT molecular complexity index is 693. The van der Waals surface area contributed by atoms with Crippen LogP contribution in [0.15, 0.2) is 10.9 Å². The number of carboxylic acid groups (broad SMARTS) is 1. The predicted molar refractivity (Wildman–Crippen MR) is 101 cm³/mol. The highest BCUT2D eigenvalue weighted by atomic mass is 32.1. The van der Waals surface area contributed by atoms with Crippen LogP contribution in [0.1, 0.15) is 44.9 Å². The van der Waals surface area contributed by atoms with Crippen LogP contribution in [0, 0.1) is 0 Å². The second kappa shape index (κ2) is 13.7. The molecule has 0 saturated carbocycles. The molecule has 0 radical (unpaired) electrons. The first-order valence-electron chi connectivity index (χ1n) is 9.02. The summed E-state index contributed by atoms with van der Waals surface area (Å²) in [4.78, 5) is 50.6. The number of Topliss-reactive ketones (excluding diaryl/α,β-unsaturated/α-hetero) is 1. The molecule has 0 unspecified atom stereocenters. The Kier molecular flexibility index (Phi) is 11.7. The highest BCUT2D eigenvalue weighted by molar-refractivity contribution is 7.07. The van der Waals surface area contributed by atoms with Crippen LogP contribution < -0.4 is 0 Å². The smallest absolute Gasteiger partial charge is 0.345 e. The Balaban J connectivity index is 2.62. The van der Waals surface area contributed by atoms with Crippen molar-refractivity contribution >= 4 is 35.0 Å². The molecule has 12 heteroatoms. The summed E-state index contributed by atoms with van der Waals surface area (Å²) < 4.78 is 24.8. The molecule has 1 rings (SSSR count). The van der Waals surface area contributed by atoms with Crippen LogP contribution in [0.3, 0.4) is 0 Å². The molecule has 11 nitrogen and oxygen atoms in total. The Morgan fingerprint density at radius 1 is 1.13 bits per heavy atom. The molecular formula is C18H25NO10S. The molecule has 0 aliphatic carbocycles. The van der Waals surface area contributed by atoms with Crippen LogP contribution in [-0.4, -0.2) is 66.7 Å². The molecule has 168 valence electrons. The zero-order chi connectivity index (χ0) is 22.5. The predicted octanol–water partition coefficient (Wildman–Crippen LogP) is 1.47. The molecular weight excluding hydrogens is 422 g/mol. The number of hydrogen-bond acceptors (Lipinski definition) is 11. The van der Waals surface area contributed by atoms with E-state index in [2.05, 4.69) is 4.98 Å². The fourth-order valence-corrected chi connectivity index (χ4v) is 2.77. The number of ketones is 1. The quantitative estimate of drug-likeness (QED) is 0.237. The summed E-state index contributed by atoms with van der Waals surface area (Å²) in [6.45, 7) is 1.81. The lowest BCUT2D eigenvalue weighted by atomic mass is 10.2. The van der Waals surface area contributed by atoms with Crippen molar-refractivity contribution in [3.8, 4) is 0 Å². The first kappa shape index (κ1) is 25.6. The van der Waals surface area contributed by atoms with Crippen LogP contribution in [0.5, 0.6) is 0 Å². The van der Waals surface area contributed by atoms with Gasteiger partial charge in [0.05, 0.1) is 11.2 Å². The average molecular weight is 447 g/mol. The largest absolute Gasteiger partial charge is 0.479 e. The summed E-state index contributed by atoms with van der Waals surface area (Å²) >= 11 is 1.20. The van der Waals surface area contributed by atoms with Crippen LogP contribution in [-0.2, 0) is 42.9 Å². The zero-order valence-electron chi connectivity index (χ0n) is 16.9. The van der Waals surface area contributed by atoms with Crippen molar-refractivity contribution in [2.75, 3.05) is 20.7 Å². The third-order valence-corrected chi connectivity index (χ3v) is 4.36. The number of rotatable bonds is 15. The summed E-state index contributed by atoms with van der Waals surface area (Å²) in [6.07, 6.45) is -2.13. The number of esters is 2. The lowest BCUT2D eigenvalue weighted by molar-refractivity contribution is -0.192. The van der Waals surface area contributed by atoms with Gasteiger partial charge in [-0.3, -0.25) is 4.79 Å². The molecule has 0 bridgehead atoms. The number of carbonyl (C=O) groups is 4. The maximum atomic E-state index is 12.4. The van der Waals surface area contributed by atoms with Crippen LogP contribution in [0.4, 0.5) is 0 Å². The monoisotopic (exact) mass is 447 g/mol. The lowest BCUT2D eigenvalue weighted by Crippen LogP contribution is -2.33. The van der Waals surface area contributed by atoms with Gasteiger partial charge in [-0.15, -0.1) is 11.3 Å². The van der Waals surface area contributed by atoms with Gasteiger partial charge in [0.15, 0.2) is 25.5 Å². The van der Waals surface area contributed by atoms with E-state index in [1.807, 2.05) is 6.92 Å². The number of carbonyl (C=O) groups excluding carboxylic acids is 3. The number of carboxylic acids is 1. The van der Waals surface area contributed by atoms with Crippen molar-refractivity contribution in [3.63, 3.8) is 0 Å². The fourth-order valence-electron chi connectivity index (χ4n) is 2.21. The van der Waals surface area contributed by atoms with Crippen molar-refractivity contribution < 1.29 is 48.0 Å². The highest BCUT2D eigenvalue weighted by Gasteiger charge is 2.29. The number of aliphatic carboxylic acids is 1. The third kappa shape index (κ3) is 8.53. The Morgan fingerprint density at radius 2 is 1.80 bits per heavy atom. The van der Waals surface area contributed by atoms with Gasteiger partial charge in [-0.05, 0) is 13.3 Å². The van der Waals surface area contributed by atoms with Crippen molar-refractivity contribution in [1.29, 1.82) is 0 Å². The van der Waals surface area contributed by atoms with E-state index >= 15 is 0 Å². The van der Waals surface area contributed by atoms with E-state index in [1.165, 1.54) is 29.3 Å². The number of thiazole rings is 1. The SMILES string of the molecule is CCCC[C@H](OCOC(=O)[C@H](OCOC(=O)[C@H](OC)C(C)=O)c1cscn1)C(=O)O. The fraction of sp³-hybridized carbons (Fsp3) is 0.611. The van der Waals surface area contributed by atoms with Crippen LogP contribution in [0.2, 0.25) is 0 Å². The second-order valence-corrected chi connectivity index (χ2v) is 6.70. The van der Waals surface area contributed by atoms with E-state index in [0.717, 1.165) is 13.3 Å². The van der Waals surface area contributed by atoms with Gasteiger partial charge in [-0.2, -0.15) is 0 Å². The molecule has 0 amide bonds. The van der Waals surface area contributed by atoms with Crippen LogP contribution in [0.25, 0.3) is 0 Å². The lowest BCUT2D eigenvalue weighted by Gasteiger charge is -2.18.